The SMILES string of the molecule is NC(=O)c1ccsc1NC(=O)CSc1ccccn1. The molecule has 0 saturated carbocycles. The van der Waals surface area contributed by atoms with Crippen molar-refractivity contribution in [3.63, 3.8) is 0 Å². The molecule has 2 rings (SSSR count). The van der Waals surface area contributed by atoms with Gasteiger partial charge in [0.1, 0.15) is 5.00 Å². The van der Waals surface area contributed by atoms with Gasteiger partial charge >= 0.3 is 0 Å². The van der Waals surface area contributed by atoms with E-state index in [2.05, 4.69) is 10.3 Å². The fourth-order valence-electron chi connectivity index (χ4n) is 1.33. The molecule has 2 heterocycles. The lowest BCUT2D eigenvalue weighted by molar-refractivity contribution is -0.113. The number of thiophene rings is 1. The number of aromatic nitrogens is 1. The topological polar surface area (TPSA) is 85.1 Å². The summed E-state index contributed by atoms with van der Waals surface area (Å²) < 4.78 is 0. The molecule has 0 aliphatic rings. The maximum absolute atomic E-state index is 11.8. The number of primary amides is 1. The molecule has 0 atom stereocenters. The van der Waals surface area contributed by atoms with Gasteiger partial charge in [0, 0.05) is 6.20 Å². The summed E-state index contributed by atoms with van der Waals surface area (Å²) in [6, 6.07) is 7.10. The highest BCUT2D eigenvalue weighted by atomic mass is 32.2. The van der Waals surface area contributed by atoms with Gasteiger partial charge in [0.25, 0.3) is 5.91 Å². The Bertz CT molecular complexity index is 584. The quantitative estimate of drug-likeness (QED) is 0.825. The number of carbonyl (C=O) groups excluding carboxylic acids is 2. The van der Waals surface area contributed by atoms with Crippen molar-refractivity contribution in [3.05, 3.63) is 41.4 Å². The first-order valence-electron chi connectivity index (χ1n) is 5.38. The second-order valence-corrected chi connectivity index (χ2v) is 5.44. The molecule has 98 valence electrons. The average molecular weight is 293 g/mol. The number of carbonyl (C=O) groups is 2. The van der Waals surface area contributed by atoms with Crippen LogP contribution in [0.4, 0.5) is 5.00 Å². The molecule has 7 heteroatoms. The van der Waals surface area contributed by atoms with Crippen LogP contribution in [0.1, 0.15) is 10.4 Å². The monoisotopic (exact) mass is 293 g/mol. The first kappa shape index (κ1) is 13.6. The second-order valence-electron chi connectivity index (χ2n) is 3.53. The number of nitrogens with one attached hydrogen (secondary N) is 1. The van der Waals surface area contributed by atoms with Crippen LogP contribution in [-0.4, -0.2) is 22.6 Å². The number of rotatable bonds is 5. The van der Waals surface area contributed by atoms with Gasteiger partial charge in [0.15, 0.2) is 0 Å². The summed E-state index contributed by atoms with van der Waals surface area (Å²) in [6.45, 7) is 0. The third kappa shape index (κ3) is 3.80. The number of hydrogen-bond donors (Lipinski definition) is 2. The Morgan fingerprint density at radius 2 is 2.21 bits per heavy atom. The molecule has 0 unspecified atom stereocenters. The minimum Gasteiger partial charge on any atom is -0.366 e. The summed E-state index contributed by atoms with van der Waals surface area (Å²) in [5, 5.41) is 5.64. The minimum atomic E-state index is -0.547. The minimum absolute atomic E-state index is 0.194. The zero-order chi connectivity index (χ0) is 13.7. The normalized spacial score (nSPS) is 10.1. The zero-order valence-electron chi connectivity index (χ0n) is 9.83. The maximum Gasteiger partial charge on any atom is 0.251 e. The fourth-order valence-corrected chi connectivity index (χ4v) is 2.80. The fraction of sp³-hybridized carbons (Fsp3) is 0.0833. The molecule has 2 amide bonds. The van der Waals surface area contributed by atoms with Crippen LogP contribution < -0.4 is 11.1 Å². The summed E-state index contributed by atoms with van der Waals surface area (Å²) >= 11 is 2.60. The highest BCUT2D eigenvalue weighted by molar-refractivity contribution is 7.99. The van der Waals surface area contributed by atoms with Gasteiger partial charge in [-0.1, -0.05) is 17.8 Å². The van der Waals surface area contributed by atoms with E-state index in [9.17, 15) is 9.59 Å². The van der Waals surface area contributed by atoms with Crippen molar-refractivity contribution in [2.45, 2.75) is 5.03 Å². The lowest BCUT2D eigenvalue weighted by Gasteiger charge is -2.04. The van der Waals surface area contributed by atoms with Crippen molar-refractivity contribution in [3.8, 4) is 0 Å². The van der Waals surface area contributed by atoms with E-state index in [1.807, 2.05) is 18.2 Å². The van der Waals surface area contributed by atoms with Crippen molar-refractivity contribution in [1.29, 1.82) is 0 Å². The van der Waals surface area contributed by atoms with Crippen LogP contribution in [0, 0.1) is 0 Å². The van der Waals surface area contributed by atoms with E-state index in [4.69, 9.17) is 5.73 Å². The van der Waals surface area contributed by atoms with Gasteiger partial charge in [-0.25, -0.2) is 4.98 Å². The van der Waals surface area contributed by atoms with E-state index in [1.54, 1.807) is 17.6 Å². The smallest absolute Gasteiger partial charge is 0.251 e. The Hall–Kier alpha value is -1.86. The van der Waals surface area contributed by atoms with Gasteiger partial charge in [-0.2, -0.15) is 0 Å². The predicted molar refractivity (Wildman–Crippen MR) is 76.4 cm³/mol. The number of thioether (sulfide) groups is 1. The van der Waals surface area contributed by atoms with E-state index in [-0.39, 0.29) is 11.7 Å². The van der Waals surface area contributed by atoms with E-state index < -0.39 is 5.91 Å². The summed E-state index contributed by atoms with van der Waals surface area (Å²) in [5.74, 6) is -0.512. The van der Waals surface area contributed by atoms with Crippen LogP contribution in [0.2, 0.25) is 0 Å². The van der Waals surface area contributed by atoms with Crippen molar-refractivity contribution in [2.75, 3.05) is 11.1 Å². The van der Waals surface area contributed by atoms with Crippen LogP contribution >= 0.6 is 23.1 Å². The number of nitrogens with zero attached hydrogens (tertiary/aromatic N) is 1. The van der Waals surface area contributed by atoms with Gasteiger partial charge in [-0.15, -0.1) is 11.3 Å². The van der Waals surface area contributed by atoms with Crippen molar-refractivity contribution in [2.24, 2.45) is 5.73 Å². The molecule has 0 radical (unpaired) electrons. The van der Waals surface area contributed by atoms with Crippen molar-refractivity contribution >= 4 is 39.9 Å². The molecule has 2 aromatic heterocycles. The molecule has 19 heavy (non-hydrogen) atoms. The lowest BCUT2D eigenvalue weighted by atomic mass is 10.3. The maximum atomic E-state index is 11.8. The first-order valence-corrected chi connectivity index (χ1v) is 7.24. The standard InChI is InChI=1S/C12H11N3O2S2/c13-11(17)8-4-6-18-12(8)15-9(16)7-19-10-3-1-2-5-14-10/h1-6H,7H2,(H2,13,17)(H,15,16). The van der Waals surface area contributed by atoms with Crippen LogP contribution in [-0.2, 0) is 4.79 Å². The van der Waals surface area contributed by atoms with E-state index in [1.165, 1.54) is 23.1 Å². The average Bonchev–Trinajstić information content (AvgIpc) is 2.86. The Labute approximate surface area is 118 Å². The number of anilines is 1. The first-order chi connectivity index (χ1) is 9.16. The summed E-state index contributed by atoms with van der Waals surface area (Å²) in [4.78, 5) is 27.0. The molecule has 5 nitrogen and oxygen atoms in total. The van der Waals surface area contributed by atoms with Gasteiger partial charge in [0.05, 0.1) is 16.3 Å². The van der Waals surface area contributed by atoms with Crippen molar-refractivity contribution in [1.82, 2.24) is 4.98 Å². The van der Waals surface area contributed by atoms with Gasteiger partial charge in [-0.05, 0) is 23.6 Å². The molecule has 0 fully saturated rings. The highest BCUT2D eigenvalue weighted by Crippen LogP contribution is 2.23. The third-order valence-corrected chi connectivity index (χ3v) is 3.95. The Morgan fingerprint density at radius 3 is 2.89 bits per heavy atom. The number of nitrogens with two attached hydrogens (primary N) is 1. The van der Waals surface area contributed by atoms with Crippen molar-refractivity contribution < 1.29 is 9.59 Å². The molecule has 0 aliphatic carbocycles. The van der Waals surface area contributed by atoms with Crippen LogP contribution in [0.5, 0.6) is 0 Å². The summed E-state index contributed by atoms with van der Waals surface area (Å²) in [5.41, 5.74) is 5.54. The molecular weight excluding hydrogens is 282 g/mol. The molecule has 0 aliphatic heterocycles. The molecule has 0 saturated heterocycles. The molecule has 0 spiro atoms. The molecule has 0 aromatic carbocycles. The number of hydrogen-bond acceptors (Lipinski definition) is 5. The molecule has 3 N–H and O–H groups in total. The zero-order valence-corrected chi connectivity index (χ0v) is 11.5. The van der Waals surface area contributed by atoms with E-state index >= 15 is 0 Å². The molecular formula is C12H11N3O2S2. The van der Waals surface area contributed by atoms with Crippen LogP contribution in [0.15, 0.2) is 40.9 Å². The number of pyridine rings is 1. The van der Waals surface area contributed by atoms with Crippen LogP contribution in [0.25, 0.3) is 0 Å². The predicted octanol–water partition coefficient (Wildman–Crippen LogP) is 1.97. The summed E-state index contributed by atoms with van der Waals surface area (Å²) in [6.07, 6.45) is 1.67. The Kier molecular flexibility index (Phi) is 4.53. The summed E-state index contributed by atoms with van der Waals surface area (Å²) in [7, 11) is 0. The Balaban J connectivity index is 1.91. The molecule has 2 aromatic rings. The largest absolute Gasteiger partial charge is 0.366 e. The third-order valence-electron chi connectivity index (χ3n) is 2.17. The highest BCUT2D eigenvalue weighted by Gasteiger charge is 2.12. The van der Waals surface area contributed by atoms with Crippen LogP contribution in [0.3, 0.4) is 0 Å². The lowest BCUT2D eigenvalue weighted by Crippen LogP contribution is -2.17. The van der Waals surface area contributed by atoms with E-state index in [0.29, 0.717) is 10.6 Å². The van der Waals surface area contributed by atoms with Gasteiger partial charge < -0.3 is 11.1 Å². The van der Waals surface area contributed by atoms with E-state index in [0.717, 1.165) is 5.03 Å². The van der Waals surface area contributed by atoms with Gasteiger partial charge in [-0.3, -0.25) is 9.59 Å². The number of amides is 2. The Morgan fingerprint density at radius 1 is 1.37 bits per heavy atom. The second kappa shape index (κ2) is 6.35. The molecule has 0 bridgehead atoms. The van der Waals surface area contributed by atoms with Gasteiger partial charge in [0.2, 0.25) is 5.91 Å².